The van der Waals surface area contributed by atoms with E-state index in [1.807, 2.05) is 37.4 Å². The number of carbonyl (C=O) groups excluding carboxylic acids is 1. The number of nitrogens with zero attached hydrogens (tertiary/aromatic N) is 2. The fourth-order valence-corrected chi connectivity index (χ4v) is 2.99. The van der Waals surface area contributed by atoms with E-state index >= 15 is 0 Å². The summed E-state index contributed by atoms with van der Waals surface area (Å²) in [5.41, 5.74) is 2.64. The zero-order chi connectivity index (χ0) is 15.5. The molecule has 0 saturated heterocycles. The number of hydrogen-bond donors (Lipinski definition) is 1. The van der Waals surface area contributed by atoms with E-state index in [1.165, 1.54) is 0 Å². The summed E-state index contributed by atoms with van der Waals surface area (Å²) in [6.07, 6.45) is 3.87. The maximum Gasteiger partial charge on any atom is 0.251 e. The number of rotatable bonds is 4. The quantitative estimate of drug-likeness (QED) is 0.940. The van der Waals surface area contributed by atoms with E-state index in [0.29, 0.717) is 12.2 Å². The van der Waals surface area contributed by atoms with Crippen molar-refractivity contribution in [2.45, 2.75) is 39.0 Å². The van der Waals surface area contributed by atoms with Gasteiger partial charge in [-0.15, -0.1) is 0 Å². The zero-order valence-corrected chi connectivity index (χ0v) is 13.0. The third kappa shape index (κ3) is 3.04. The van der Waals surface area contributed by atoms with Gasteiger partial charge < -0.3 is 14.6 Å². The molecule has 1 atom stereocenters. The van der Waals surface area contributed by atoms with Gasteiger partial charge in [-0.2, -0.15) is 0 Å². The molecule has 1 N–H and O–H groups in total. The predicted octanol–water partition coefficient (Wildman–Crippen LogP) is 2.08. The topological polar surface area (TPSA) is 56.1 Å². The van der Waals surface area contributed by atoms with Crippen molar-refractivity contribution in [2.75, 3.05) is 7.11 Å². The first-order valence-corrected chi connectivity index (χ1v) is 7.57. The number of fused-ring (bicyclic) bond motifs is 1. The number of nitrogens with one attached hydrogen (secondary N) is 1. The van der Waals surface area contributed by atoms with Crippen molar-refractivity contribution in [3.05, 3.63) is 53.1 Å². The fourth-order valence-electron chi connectivity index (χ4n) is 2.99. The molecule has 0 radical (unpaired) electrons. The predicted molar refractivity (Wildman–Crippen MR) is 83.7 cm³/mol. The van der Waals surface area contributed by atoms with Crippen LogP contribution in [0.2, 0.25) is 0 Å². The smallest absolute Gasteiger partial charge is 0.251 e. The summed E-state index contributed by atoms with van der Waals surface area (Å²) in [7, 11) is 1.64. The first kappa shape index (κ1) is 14.8. The van der Waals surface area contributed by atoms with Crippen LogP contribution in [-0.2, 0) is 24.3 Å². The summed E-state index contributed by atoms with van der Waals surface area (Å²) in [5.74, 6) is 1.08. The number of methoxy groups -OCH3 is 1. The number of carbonyl (C=O) groups is 1. The van der Waals surface area contributed by atoms with E-state index in [4.69, 9.17) is 4.74 Å². The van der Waals surface area contributed by atoms with Crippen molar-refractivity contribution in [2.24, 2.45) is 0 Å². The minimum atomic E-state index is -0.0297. The molecule has 0 aliphatic carbocycles. The monoisotopic (exact) mass is 299 g/mol. The lowest BCUT2D eigenvalue weighted by Gasteiger charge is -2.25. The first-order chi connectivity index (χ1) is 10.7. The zero-order valence-electron chi connectivity index (χ0n) is 13.0. The summed E-state index contributed by atoms with van der Waals surface area (Å²) in [6.45, 7) is 3.23. The van der Waals surface area contributed by atoms with Crippen LogP contribution in [-0.4, -0.2) is 28.6 Å². The van der Waals surface area contributed by atoms with Crippen molar-refractivity contribution in [3.63, 3.8) is 0 Å². The van der Waals surface area contributed by atoms with Crippen molar-refractivity contribution < 1.29 is 9.53 Å². The maximum absolute atomic E-state index is 12.5. The van der Waals surface area contributed by atoms with Gasteiger partial charge in [-0.3, -0.25) is 4.79 Å². The van der Waals surface area contributed by atoms with Crippen LogP contribution < -0.4 is 5.32 Å². The Morgan fingerprint density at radius 3 is 3.09 bits per heavy atom. The van der Waals surface area contributed by atoms with Crippen molar-refractivity contribution in [1.29, 1.82) is 0 Å². The molecule has 0 saturated carbocycles. The van der Waals surface area contributed by atoms with Gasteiger partial charge in [-0.25, -0.2) is 4.98 Å². The molecule has 1 aromatic carbocycles. The van der Waals surface area contributed by atoms with Crippen molar-refractivity contribution >= 4 is 5.91 Å². The minimum absolute atomic E-state index is 0.0297. The lowest BCUT2D eigenvalue weighted by molar-refractivity contribution is 0.0922. The van der Waals surface area contributed by atoms with Crippen LogP contribution in [0.5, 0.6) is 0 Å². The van der Waals surface area contributed by atoms with Gasteiger partial charge in [-0.05, 0) is 25.0 Å². The van der Waals surface area contributed by atoms with Crippen LogP contribution in [0.3, 0.4) is 0 Å². The van der Waals surface area contributed by atoms with Crippen LogP contribution in [0.15, 0.2) is 30.5 Å². The second-order valence-corrected chi connectivity index (χ2v) is 5.75. The highest BCUT2D eigenvalue weighted by atomic mass is 16.5. The largest absolute Gasteiger partial charge is 0.380 e. The molecule has 5 nitrogen and oxygen atoms in total. The number of hydrogen-bond acceptors (Lipinski definition) is 3. The van der Waals surface area contributed by atoms with E-state index in [2.05, 4.69) is 14.9 Å². The lowest BCUT2D eigenvalue weighted by atomic mass is 10.0. The molecular formula is C17H21N3O2. The number of aromatic nitrogens is 2. The molecule has 116 valence electrons. The summed E-state index contributed by atoms with van der Waals surface area (Å²) in [6, 6.07) is 7.72. The van der Waals surface area contributed by atoms with Gasteiger partial charge >= 0.3 is 0 Å². The normalized spacial score (nSPS) is 17.1. The molecule has 0 spiro atoms. The molecule has 1 aliphatic heterocycles. The van der Waals surface area contributed by atoms with Crippen LogP contribution in [0.25, 0.3) is 0 Å². The summed E-state index contributed by atoms with van der Waals surface area (Å²) in [5, 5.41) is 3.14. The van der Waals surface area contributed by atoms with Crippen LogP contribution in [0, 0.1) is 6.92 Å². The lowest BCUT2D eigenvalue weighted by Crippen LogP contribution is -2.41. The second kappa shape index (κ2) is 6.32. The number of benzene rings is 1. The van der Waals surface area contributed by atoms with Gasteiger partial charge in [0.1, 0.15) is 5.82 Å². The van der Waals surface area contributed by atoms with Crippen molar-refractivity contribution in [3.8, 4) is 0 Å². The Labute approximate surface area is 130 Å². The molecule has 2 heterocycles. The van der Waals surface area contributed by atoms with Gasteiger partial charge in [0, 0.05) is 37.9 Å². The molecule has 1 aliphatic rings. The van der Waals surface area contributed by atoms with Crippen LogP contribution in [0.4, 0.5) is 0 Å². The second-order valence-electron chi connectivity index (χ2n) is 5.75. The Balaban J connectivity index is 1.70. The average molecular weight is 299 g/mol. The fraction of sp³-hybridized carbons (Fsp3) is 0.412. The van der Waals surface area contributed by atoms with Crippen molar-refractivity contribution in [1.82, 2.24) is 14.9 Å². The SMILES string of the molecule is COCc1ccccc1C(=O)N[C@H]1CCc2nc(C)cn2C1. The van der Waals surface area contributed by atoms with Gasteiger partial charge in [-0.1, -0.05) is 18.2 Å². The Hall–Kier alpha value is -2.14. The molecular weight excluding hydrogens is 278 g/mol. The average Bonchev–Trinajstić information content (AvgIpc) is 2.87. The highest BCUT2D eigenvalue weighted by molar-refractivity contribution is 5.95. The molecule has 0 fully saturated rings. The summed E-state index contributed by atoms with van der Waals surface area (Å²) < 4.78 is 7.31. The highest BCUT2D eigenvalue weighted by Gasteiger charge is 2.22. The molecule has 3 rings (SSSR count). The van der Waals surface area contributed by atoms with Gasteiger partial charge in [0.15, 0.2) is 0 Å². The molecule has 1 aromatic heterocycles. The third-order valence-corrected chi connectivity index (χ3v) is 4.01. The Bertz CT molecular complexity index is 678. The van der Waals surface area contributed by atoms with E-state index < -0.39 is 0 Å². The molecule has 2 aromatic rings. The van der Waals surface area contributed by atoms with Gasteiger partial charge in [0.2, 0.25) is 0 Å². The molecule has 1 amide bonds. The maximum atomic E-state index is 12.5. The number of aryl methyl sites for hydroxylation is 2. The summed E-state index contributed by atoms with van der Waals surface area (Å²) in [4.78, 5) is 17.0. The Morgan fingerprint density at radius 2 is 2.27 bits per heavy atom. The minimum Gasteiger partial charge on any atom is -0.380 e. The molecule has 0 bridgehead atoms. The standard InChI is InChI=1S/C17H21N3O2/c1-12-9-20-10-14(7-8-16(20)18-12)19-17(21)15-6-4-3-5-13(15)11-22-2/h3-6,9,14H,7-8,10-11H2,1-2H3,(H,19,21)/t14-/m0/s1. The van der Waals surface area contributed by atoms with Crippen LogP contribution >= 0.6 is 0 Å². The van der Waals surface area contributed by atoms with E-state index in [9.17, 15) is 4.79 Å². The number of imidazole rings is 1. The summed E-state index contributed by atoms with van der Waals surface area (Å²) >= 11 is 0. The van der Waals surface area contributed by atoms with E-state index in [1.54, 1.807) is 7.11 Å². The van der Waals surface area contributed by atoms with Gasteiger partial charge in [0.25, 0.3) is 5.91 Å². The van der Waals surface area contributed by atoms with E-state index in [0.717, 1.165) is 36.5 Å². The molecule has 22 heavy (non-hydrogen) atoms. The number of amides is 1. The highest BCUT2D eigenvalue weighted by Crippen LogP contribution is 2.16. The number of ether oxygens (including phenoxy) is 1. The molecule has 5 heteroatoms. The van der Waals surface area contributed by atoms with Crippen LogP contribution in [0.1, 0.15) is 33.9 Å². The Kier molecular flexibility index (Phi) is 4.24. The Morgan fingerprint density at radius 1 is 1.45 bits per heavy atom. The molecule has 0 unspecified atom stereocenters. The van der Waals surface area contributed by atoms with E-state index in [-0.39, 0.29) is 11.9 Å². The first-order valence-electron chi connectivity index (χ1n) is 7.57. The third-order valence-electron chi connectivity index (χ3n) is 4.01. The van der Waals surface area contributed by atoms with Gasteiger partial charge in [0.05, 0.1) is 12.3 Å².